The summed E-state index contributed by atoms with van der Waals surface area (Å²) in [7, 11) is 0. The number of amides is 1. The van der Waals surface area contributed by atoms with E-state index in [2.05, 4.69) is 16.7 Å². The number of hydrogen-bond donors (Lipinski definition) is 1. The lowest BCUT2D eigenvalue weighted by Crippen LogP contribution is -2.53. The van der Waals surface area contributed by atoms with Gasteiger partial charge in [0.05, 0.1) is 6.04 Å². The predicted octanol–water partition coefficient (Wildman–Crippen LogP) is 1.85. The summed E-state index contributed by atoms with van der Waals surface area (Å²) in [5.41, 5.74) is 6.32. The van der Waals surface area contributed by atoms with Crippen LogP contribution in [0.3, 0.4) is 0 Å². The molecule has 1 amide bonds. The van der Waals surface area contributed by atoms with Gasteiger partial charge >= 0.3 is 0 Å². The van der Waals surface area contributed by atoms with Crippen LogP contribution < -0.4 is 5.73 Å². The van der Waals surface area contributed by atoms with Crippen molar-refractivity contribution >= 4 is 5.91 Å². The summed E-state index contributed by atoms with van der Waals surface area (Å²) in [4.78, 5) is 17.5. The molecule has 3 fully saturated rings. The van der Waals surface area contributed by atoms with Crippen LogP contribution in [-0.4, -0.2) is 67.2 Å². The molecule has 3 heterocycles. The van der Waals surface area contributed by atoms with Gasteiger partial charge in [-0.2, -0.15) is 0 Å². The largest absolute Gasteiger partial charge is 0.381 e. The SMILES string of the molecule is CC1CCCCN1CC1CCCN(C(=O)C(N)C2CCOCC2)C1. The van der Waals surface area contributed by atoms with Gasteiger partial charge in [0.25, 0.3) is 0 Å². The molecule has 138 valence electrons. The summed E-state index contributed by atoms with van der Waals surface area (Å²) in [6.07, 6.45) is 8.24. The van der Waals surface area contributed by atoms with Crippen LogP contribution in [0, 0.1) is 11.8 Å². The number of piperidine rings is 2. The van der Waals surface area contributed by atoms with Crippen LogP contribution in [-0.2, 0) is 9.53 Å². The van der Waals surface area contributed by atoms with Crippen LogP contribution >= 0.6 is 0 Å². The quantitative estimate of drug-likeness (QED) is 0.851. The van der Waals surface area contributed by atoms with Crippen molar-refractivity contribution in [2.75, 3.05) is 39.4 Å². The molecule has 24 heavy (non-hydrogen) atoms. The third-order valence-electron chi connectivity index (χ3n) is 6.32. The van der Waals surface area contributed by atoms with Gasteiger partial charge in [-0.1, -0.05) is 6.42 Å². The Balaban J connectivity index is 1.51. The molecular formula is C19H35N3O2. The minimum atomic E-state index is -0.332. The minimum Gasteiger partial charge on any atom is -0.381 e. The number of nitrogens with zero attached hydrogens (tertiary/aromatic N) is 2. The number of ether oxygens (including phenoxy) is 1. The molecule has 3 aliphatic rings. The van der Waals surface area contributed by atoms with Crippen LogP contribution in [0.1, 0.15) is 51.9 Å². The Morgan fingerprint density at radius 2 is 1.92 bits per heavy atom. The molecule has 3 rings (SSSR count). The fourth-order valence-electron chi connectivity index (χ4n) is 4.66. The van der Waals surface area contributed by atoms with E-state index < -0.39 is 0 Å². The average Bonchev–Trinajstić information content (AvgIpc) is 2.63. The first kappa shape index (κ1) is 18.2. The van der Waals surface area contributed by atoms with Crippen LogP contribution in [0.5, 0.6) is 0 Å². The summed E-state index contributed by atoms with van der Waals surface area (Å²) in [5.74, 6) is 1.09. The molecule has 0 aromatic heterocycles. The second kappa shape index (κ2) is 8.63. The van der Waals surface area contributed by atoms with E-state index in [1.54, 1.807) is 0 Å². The van der Waals surface area contributed by atoms with Crippen molar-refractivity contribution in [2.45, 2.75) is 64.0 Å². The highest BCUT2D eigenvalue weighted by atomic mass is 16.5. The summed E-state index contributed by atoms with van der Waals surface area (Å²) in [5, 5.41) is 0. The Morgan fingerprint density at radius 1 is 1.12 bits per heavy atom. The Labute approximate surface area is 146 Å². The first-order valence-corrected chi connectivity index (χ1v) is 10.0. The molecule has 0 saturated carbocycles. The van der Waals surface area contributed by atoms with E-state index in [1.807, 2.05) is 0 Å². The van der Waals surface area contributed by atoms with E-state index in [1.165, 1.54) is 32.2 Å². The van der Waals surface area contributed by atoms with Gasteiger partial charge in [0, 0.05) is 38.9 Å². The van der Waals surface area contributed by atoms with Crippen molar-refractivity contribution in [3.05, 3.63) is 0 Å². The molecule has 5 nitrogen and oxygen atoms in total. The maximum Gasteiger partial charge on any atom is 0.239 e. The third kappa shape index (κ3) is 4.50. The maximum absolute atomic E-state index is 12.8. The van der Waals surface area contributed by atoms with E-state index in [4.69, 9.17) is 10.5 Å². The van der Waals surface area contributed by atoms with Crippen LogP contribution in [0.25, 0.3) is 0 Å². The van der Waals surface area contributed by atoms with Crippen LogP contribution in [0.15, 0.2) is 0 Å². The van der Waals surface area contributed by atoms with Gasteiger partial charge in [-0.3, -0.25) is 4.79 Å². The van der Waals surface area contributed by atoms with Gasteiger partial charge in [0.2, 0.25) is 5.91 Å². The molecule has 0 aliphatic carbocycles. The molecule has 0 bridgehead atoms. The smallest absolute Gasteiger partial charge is 0.239 e. The van der Waals surface area contributed by atoms with E-state index >= 15 is 0 Å². The summed E-state index contributed by atoms with van der Waals surface area (Å²) in [6, 6.07) is 0.371. The predicted molar refractivity (Wildman–Crippen MR) is 95.7 cm³/mol. The van der Waals surface area contributed by atoms with E-state index in [-0.39, 0.29) is 11.9 Å². The molecule has 3 aliphatic heterocycles. The molecule has 5 heteroatoms. The summed E-state index contributed by atoms with van der Waals surface area (Å²) < 4.78 is 5.40. The molecule has 0 radical (unpaired) electrons. The van der Waals surface area contributed by atoms with Crippen molar-refractivity contribution in [3.63, 3.8) is 0 Å². The van der Waals surface area contributed by atoms with Gasteiger partial charge in [0.15, 0.2) is 0 Å². The zero-order valence-electron chi connectivity index (χ0n) is 15.3. The van der Waals surface area contributed by atoms with E-state index in [9.17, 15) is 4.79 Å². The van der Waals surface area contributed by atoms with Gasteiger partial charge in [-0.15, -0.1) is 0 Å². The van der Waals surface area contributed by atoms with Crippen LogP contribution in [0.2, 0.25) is 0 Å². The lowest BCUT2D eigenvalue weighted by molar-refractivity contribution is -0.136. The Bertz CT molecular complexity index is 411. The van der Waals surface area contributed by atoms with Gasteiger partial charge < -0.3 is 20.3 Å². The minimum absolute atomic E-state index is 0.179. The molecule has 3 unspecified atom stereocenters. The fraction of sp³-hybridized carbons (Fsp3) is 0.947. The Morgan fingerprint density at radius 3 is 2.67 bits per heavy atom. The van der Waals surface area contributed by atoms with Crippen molar-refractivity contribution in [2.24, 2.45) is 17.6 Å². The maximum atomic E-state index is 12.8. The normalized spacial score (nSPS) is 31.8. The van der Waals surface area contributed by atoms with E-state index in [0.717, 1.165) is 52.1 Å². The average molecular weight is 338 g/mol. The van der Waals surface area contributed by atoms with Crippen molar-refractivity contribution in [3.8, 4) is 0 Å². The molecule has 0 aromatic carbocycles. The zero-order valence-corrected chi connectivity index (χ0v) is 15.3. The first-order valence-electron chi connectivity index (χ1n) is 10.0. The van der Waals surface area contributed by atoms with Crippen LogP contribution in [0.4, 0.5) is 0 Å². The second-order valence-electron chi connectivity index (χ2n) is 8.11. The second-order valence-corrected chi connectivity index (χ2v) is 8.11. The number of likely N-dealkylation sites (tertiary alicyclic amines) is 2. The van der Waals surface area contributed by atoms with Crippen molar-refractivity contribution in [1.82, 2.24) is 9.80 Å². The summed E-state index contributed by atoms with van der Waals surface area (Å²) in [6.45, 7) is 8.03. The van der Waals surface area contributed by atoms with Gasteiger partial charge in [-0.25, -0.2) is 0 Å². The Kier molecular flexibility index (Phi) is 6.53. The first-order chi connectivity index (χ1) is 11.6. The highest BCUT2D eigenvalue weighted by molar-refractivity contribution is 5.82. The monoisotopic (exact) mass is 337 g/mol. The highest BCUT2D eigenvalue weighted by Gasteiger charge is 2.33. The molecule has 3 atom stereocenters. The number of carbonyl (C=O) groups is 1. The number of rotatable bonds is 4. The van der Waals surface area contributed by atoms with E-state index in [0.29, 0.717) is 17.9 Å². The lowest BCUT2D eigenvalue weighted by atomic mass is 9.89. The van der Waals surface area contributed by atoms with Gasteiger partial charge in [0.1, 0.15) is 0 Å². The van der Waals surface area contributed by atoms with Gasteiger partial charge in [-0.05, 0) is 63.8 Å². The number of nitrogens with two attached hydrogens (primary N) is 1. The zero-order chi connectivity index (χ0) is 16.9. The van der Waals surface area contributed by atoms with Crippen molar-refractivity contribution < 1.29 is 9.53 Å². The third-order valence-corrected chi connectivity index (χ3v) is 6.32. The molecule has 0 spiro atoms. The lowest BCUT2D eigenvalue weighted by Gasteiger charge is -2.40. The summed E-state index contributed by atoms with van der Waals surface area (Å²) >= 11 is 0. The Hall–Kier alpha value is -0.650. The number of hydrogen-bond acceptors (Lipinski definition) is 4. The molecular weight excluding hydrogens is 302 g/mol. The number of carbonyl (C=O) groups excluding carboxylic acids is 1. The topological polar surface area (TPSA) is 58.8 Å². The highest BCUT2D eigenvalue weighted by Crippen LogP contribution is 2.25. The standard InChI is InChI=1S/C19H35N3O2/c1-15-5-2-3-9-21(15)13-16-6-4-10-22(14-16)19(23)18(20)17-7-11-24-12-8-17/h15-18H,2-14,20H2,1H3. The fourth-order valence-corrected chi connectivity index (χ4v) is 4.66. The molecule has 0 aromatic rings. The van der Waals surface area contributed by atoms with Crippen molar-refractivity contribution in [1.29, 1.82) is 0 Å². The molecule has 2 N–H and O–H groups in total. The molecule has 3 saturated heterocycles.